The lowest BCUT2D eigenvalue weighted by atomic mass is 9.78. The maximum Gasteiger partial charge on any atom is 0.308 e. The Morgan fingerprint density at radius 2 is 2.15 bits per heavy atom. The molecule has 1 saturated carbocycles. The largest absolute Gasteiger partial charge is 0.466 e. The van der Waals surface area contributed by atoms with Gasteiger partial charge in [0.15, 0.2) is 0 Å². The molecule has 1 aliphatic rings. The van der Waals surface area contributed by atoms with Gasteiger partial charge in [-0.15, -0.1) is 12.3 Å². The van der Waals surface area contributed by atoms with Crippen LogP contribution in [0.2, 0.25) is 0 Å². The van der Waals surface area contributed by atoms with Gasteiger partial charge in [0.25, 0.3) is 0 Å². The third kappa shape index (κ3) is 5.15. The molecular weight excluding hydrogens is 254 g/mol. The van der Waals surface area contributed by atoms with E-state index in [9.17, 15) is 9.90 Å². The molecule has 0 heterocycles. The first-order valence-electron chi connectivity index (χ1n) is 7.60. The minimum atomic E-state index is -0.717. The lowest BCUT2D eigenvalue weighted by Crippen LogP contribution is -2.47. The number of ether oxygens (including phenoxy) is 1. The van der Waals surface area contributed by atoms with Crippen molar-refractivity contribution in [3.63, 3.8) is 0 Å². The van der Waals surface area contributed by atoms with E-state index in [1.54, 1.807) is 0 Å². The first-order chi connectivity index (χ1) is 9.54. The second kappa shape index (κ2) is 8.28. The second-order valence-corrected chi connectivity index (χ2v) is 5.64. The molecule has 0 amide bonds. The number of nitrogens with one attached hydrogen (secondary N) is 1. The van der Waals surface area contributed by atoms with Crippen LogP contribution in [0.1, 0.15) is 52.4 Å². The smallest absolute Gasteiger partial charge is 0.308 e. The molecule has 0 spiro atoms. The van der Waals surface area contributed by atoms with Crippen LogP contribution in [0.25, 0.3) is 0 Å². The van der Waals surface area contributed by atoms with E-state index in [0.717, 1.165) is 6.42 Å². The monoisotopic (exact) mass is 281 g/mol. The molecule has 2 N–H and O–H groups in total. The minimum absolute atomic E-state index is 0.0529. The predicted octanol–water partition coefficient (Wildman–Crippen LogP) is 1.86. The van der Waals surface area contributed by atoms with E-state index in [-0.39, 0.29) is 17.9 Å². The Bertz CT molecular complexity index is 340. The van der Waals surface area contributed by atoms with Crippen molar-refractivity contribution in [2.75, 3.05) is 13.2 Å². The molecule has 4 nitrogen and oxygen atoms in total. The first kappa shape index (κ1) is 17.0. The number of carbonyl (C=O) groups is 1. The van der Waals surface area contributed by atoms with E-state index in [4.69, 9.17) is 11.2 Å². The number of hydrogen-bond acceptors (Lipinski definition) is 4. The standard InChI is InChI=1S/C16H27NO3/c1-4-7-14(5-2)17-12-16(19)10-8-13(9-11-16)15(18)20-6-3/h1,13-14,17,19H,5-12H2,2-3H3. The van der Waals surface area contributed by atoms with E-state index in [0.29, 0.717) is 45.3 Å². The fourth-order valence-electron chi connectivity index (χ4n) is 2.67. The maximum atomic E-state index is 11.7. The van der Waals surface area contributed by atoms with E-state index in [1.807, 2.05) is 6.92 Å². The van der Waals surface area contributed by atoms with E-state index < -0.39 is 5.60 Å². The number of terminal acetylenes is 1. The van der Waals surface area contributed by atoms with Gasteiger partial charge in [-0.25, -0.2) is 0 Å². The van der Waals surface area contributed by atoms with Crippen LogP contribution < -0.4 is 5.32 Å². The molecule has 20 heavy (non-hydrogen) atoms. The third-order valence-corrected chi connectivity index (χ3v) is 4.11. The van der Waals surface area contributed by atoms with Crippen LogP contribution in [-0.2, 0) is 9.53 Å². The quantitative estimate of drug-likeness (QED) is 0.552. The molecule has 0 saturated heterocycles. The summed E-state index contributed by atoms with van der Waals surface area (Å²) in [6, 6.07) is 0.256. The number of esters is 1. The maximum absolute atomic E-state index is 11.7. The fourth-order valence-corrected chi connectivity index (χ4v) is 2.67. The lowest BCUT2D eigenvalue weighted by molar-refractivity contribution is -0.151. The van der Waals surface area contributed by atoms with E-state index in [1.165, 1.54) is 0 Å². The summed E-state index contributed by atoms with van der Waals surface area (Å²) in [6.45, 7) is 4.86. The van der Waals surface area contributed by atoms with E-state index >= 15 is 0 Å². The summed E-state index contributed by atoms with van der Waals surface area (Å²) < 4.78 is 5.04. The lowest BCUT2D eigenvalue weighted by Gasteiger charge is -2.36. The summed E-state index contributed by atoms with van der Waals surface area (Å²) in [5.74, 6) is 2.47. The van der Waals surface area contributed by atoms with Gasteiger partial charge >= 0.3 is 5.97 Å². The zero-order valence-corrected chi connectivity index (χ0v) is 12.7. The zero-order chi connectivity index (χ0) is 15.0. The molecule has 1 unspecified atom stereocenters. The SMILES string of the molecule is C#CCC(CC)NCC1(O)CCC(C(=O)OCC)CC1. The first-order valence-corrected chi connectivity index (χ1v) is 7.60. The Morgan fingerprint density at radius 1 is 1.50 bits per heavy atom. The molecule has 114 valence electrons. The highest BCUT2D eigenvalue weighted by Crippen LogP contribution is 2.32. The van der Waals surface area contributed by atoms with Gasteiger partial charge in [-0.3, -0.25) is 4.79 Å². The molecule has 1 fully saturated rings. The Balaban J connectivity index is 2.38. The Kier molecular flexibility index (Phi) is 7.04. The molecule has 0 aromatic carbocycles. The molecule has 0 radical (unpaired) electrons. The molecule has 0 aromatic heterocycles. The predicted molar refractivity (Wildman–Crippen MR) is 79.1 cm³/mol. The van der Waals surface area contributed by atoms with E-state index in [2.05, 4.69) is 18.2 Å². The molecule has 0 aliphatic heterocycles. The van der Waals surface area contributed by atoms with Crippen LogP contribution in [0.15, 0.2) is 0 Å². The minimum Gasteiger partial charge on any atom is -0.466 e. The van der Waals surface area contributed by atoms with Gasteiger partial charge in [0, 0.05) is 19.0 Å². The molecular formula is C16H27NO3. The summed E-state index contributed by atoms with van der Waals surface area (Å²) in [5, 5.41) is 13.9. The van der Waals surface area contributed by atoms with Gasteiger partial charge in [-0.2, -0.15) is 0 Å². The van der Waals surface area contributed by atoms with Crippen molar-refractivity contribution in [1.82, 2.24) is 5.32 Å². The molecule has 1 aliphatic carbocycles. The summed E-state index contributed by atoms with van der Waals surface area (Å²) in [6.07, 6.45) is 9.62. The third-order valence-electron chi connectivity index (χ3n) is 4.11. The van der Waals surface area contributed by atoms with Crippen LogP contribution in [-0.4, -0.2) is 35.9 Å². The Labute approximate surface area is 122 Å². The average Bonchev–Trinajstić information content (AvgIpc) is 2.44. The van der Waals surface area contributed by atoms with Crippen molar-refractivity contribution >= 4 is 5.97 Å². The van der Waals surface area contributed by atoms with Crippen molar-refractivity contribution in [2.24, 2.45) is 5.92 Å². The van der Waals surface area contributed by atoms with Crippen molar-refractivity contribution in [1.29, 1.82) is 0 Å². The Morgan fingerprint density at radius 3 is 2.65 bits per heavy atom. The van der Waals surface area contributed by atoms with Crippen molar-refractivity contribution < 1.29 is 14.6 Å². The highest BCUT2D eigenvalue weighted by Gasteiger charge is 2.36. The normalized spacial score (nSPS) is 27.6. The van der Waals surface area contributed by atoms with Crippen molar-refractivity contribution in [3.05, 3.63) is 0 Å². The van der Waals surface area contributed by atoms with Gasteiger partial charge in [0.05, 0.1) is 18.1 Å². The van der Waals surface area contributed by atoms with Crippen LogP contribution in [0.5, 0.6) is 0 Å². The summed E-state index contributed by atoms with van der Waals surface area (Å²) in [5.41, 5.74) is -0.717. The van der Waals surface area contributed by atoms with Crippen LogP contribution in [0.4, 0.5) is 0 Å². The van der Waals surface area contributed by atoms with Crippen molar-refractivity contribution in [2.45, 2.75) is 64.0 Å². The molecule has 4 heteroatoms. The number of hydrogen-bond donors (Lipinski definition) is 2. The molecule has 1 atom stereocenters. The van der Waals surface area contributed by atoms with Crippen LogP contribution in [0.3, 0.4) is 0 Å². The topological polar surface area (TPSA) is 58.6 Å². The summed E-state index contributed by atoms with van der Waals surface area (Å²) >= 11 is 0. The molecule has 0 aromatic rings. The van der Waals surface area contributed by atoms with Crippen LogP contribution in [0, 0.1) is 18.3 Å². The van der Waals surface area contributed by atoms with Gasteiger partial charge < -0.3 is 15.2 Å². The van der Waals surface area contributed by atoms with Gasteiger partial charge in [0.1, 0.15) is 0 Å². The van der Waals surface area contributed by atoms with Crippen LogP contribution >= 0.6 is 0 Å². The Hall–Kier alpha value is -1.05. The van der Waals surface area contributed by atoms with Gasteiger partial charge in [-0.1, -0.05) is 6.92 Å². The number of carbonyl (C=O) groups excluding carboxylic acids is 1. The highest BCUT2D eigenvalue weighted by atomic mass is 16.5. The second-order valence-electron chi connectivity index (χ2n) is 5.64. The summed E-state index contributed by atoms with van der Waals surface area (Å²) in [4.78, 5) is 11.7. The zero-order valence-electron chi connectivity index (χ0n) is 12.7. The van der Waals surface area contributed by atoms with Gasteiger partial charge in [0.2, 0.25) is 0 Å². The molecule has 1 rings (SSSR count). The number of rotatable bonds is 7. The summed E-state index contributed by atoms with van der Waals surface area (Å²) in [7, 11) is 0. The average molecular weight is 281 g/mol. The number of aliphatic hydroxyl groups is 1. The highest BCUT2D eigenvalue weighted by molar-refractivity contribution is 5.72. The fraction of sp³-hybridized carbons (Fsp3) is 0.812. The van der Waals surface area contributed by atoms with Gasteiger partial charge in [-0.05, 0) is 39.0 Å². The van der Waals surface area contributed by atoms with Crippen molar-refractivity contribution in [3.8, 4) is 12.3 Å². The molecule has 0 bridgehead atoms.